The van der Waals surface area contributed by atoms with E-state index in [1.807, 2.05) is 0 Å². The van der Waals surface area contributed by atoms with Gasteiger partial charge in [-0.2, -0.15) is 0 Å². The van der Waals surface area contributed by atoms with Gasteiger partial charge in [0.2, 0.25) is 5.91 Å². The van der Waals surface area contributed by atoms with Gasteiger partial charge in [0.05, 0.1) is 12.0 Å². The van der Waals surface area contributed by atoms with Crippen LogP contribution in [0.1, 0.15) is 38.2 Å². The van der Waals surface area contributed by atoms with Crippen molar-refractivity contribution in [3.63, 3.8) is 0 Å². The maximum Gasteiger partial charge on any atom is 0.310 e. The maximum absolute atomic E-state index is 11.9. The summed E-state index contributed by atoms with van der Waals surface area (Å²) in [6.45, 7) is 6.74. The molecule has 0 spiro atoms. The van der Waals surface area contributed by atoms with Crippen LogP contribution in [0.3, 0.4) is 0 Å². The van der Waals surface area contributed by atoms with Crippen LogP contribution in [0.2, 0.25) is 0 Å². The zero-order valence-corrected chi connectivity index (χ0v) is 13.2. The SMILES string of the molecule is CC(=O)Nc1nc(C(=O)NC[C@@H](C)C(=O)OC(C)C)cs1. The van der Waals surface area contributed by atoms with Gasteiger partial charge in [-0.25, -0.2) is 4.98 Å². The molecule has 1 aromatic rings. The number of carbonyl (C=O) groups is 3. The molecule has 1 rings (SSSR count). The zero-order chi connectivity index (χ0) is 16.0. The second kappa shape index (κ2) is 7.72. The molecule has 0 unspecified atom stereocenters. The lowest BCUT2D eigenvalue weighted by atomic mass is 10.2. The van der Waals surface area contributed by atoms with Gasteiger partial charge < -0.3 is 15.4 Å². The zero-order valence-electron chi connectivity index (χ0n) is 12.4. The number of amides is 2. The highest BCUT2D eigenvalue weighted by molar-refractivity contribution is 7.14. The summed E-state index contributed by atoms with van der Waals surface area (Å²) in [7, 11) is 0. The molecule has 0 aromatic carbocycles. The van der Waals surface area contributed by atoms with Crippen LogP contribution >= 0.6 is 11.3 Å². The van der Waals surface area contributed by atoms with Gasteiger partial charge in [-0.1, -0.05) is 6.92 Å². The van der Waals surface area contributed by atoms with E-state index in [4.69, 9.17) is 4.74 Å². The molecular weight excluding hydrogens is 294 g/mol. The molecule has 1 heterocycles. The maximum atomic E-state index is 11.9. The van der Waals surface area contributed by atoms with E-state index in [2.05, 4.69) is 15.6 Å². The third kappa shape index (κ3) is 5.90. The smallest absolute Gasteiger partial charge is 0.310 e. The lowest BCUT2D eigenvalue weighted by Gasteiger charge is -2.14. The molecule has 0 aliphatic carbocycles. The van der Waals surface area contributed by atoms with Gasteiger partial charge in [0.25, 0.3) is 5.91 Å². The Balaban J connectivity index is 2.48. The largest absolute Gasteiger partial charge is 0.463 e. The standard InChI is InChI=1S/C13H19N3O4S/c1-7(2)20-12(19)8(3)5-14-11(18)10-6-21-13(16-10)15-9(4)17/h6-8H,5H2,1-4H3,(H,14,18)(H,15,16,17)/t8-/m1/s1. The van der Waals surface area contributed by atoms with Crippen LogP contribution in [0.4, 0.5) is 5.13 Å². The summed E-state index contributed by atoms with van der Waals surface area (Å²) in [5.41, 5.74) is 0.202. The highest BCUT2D eigenvalue weighted by atomic mass is 32.1. The molecular formula is C13H19N3O4S. The van der Waals surface area contributed by atoms with Gasteiger partial charge in [0.15, 0.2) is 5.13 Å². The predicted octanol–water partition coefficient (Wildman–Crippen LogP) is 1.42. The molecule has 0 bridgehead atoms. The first-order valence-electron chi connectivity index (χ1n) is 6.51. The van der Waals surface area contributed by atoms with Gasteiger partial charge in [0.1, 0.15) is 5.69 Å². The number of esters is 1. The minimum atomic E-state index is -0.440. The fraction of sp³-hybridized carbons (Fsp3) is 0.538. The minimum absolute atomic E-state index is 0.164. The van der Waals surface area contributed by atoms with Crippen LogP contribution in [0, 0.1) is 5.92 Å². The molecule has 0 aliphatic rings. The fourth-order valence-electron chi connectivity index (χ4n) is 1.35. The summed E-state index contributed by atoms with van der Waals surface area (Å²) in [4.78, 5) is 38.3. The lowest BCUT2D eigenvalue weighted by Crippen LogP contribution is -2.33. The average Bonchev–Trinajstić information content (AvgIpc) is 2.82. The van der Waals surface area contributed by atoms with Gasteiger partial charge >= 0.3 is 5.97 Å². The van der Waals surface area contributed by atoms with E-state index >= 15 is 0 Å². The number of nitrogens with zero attached hydrogens (tertiary/aromatic N) is 1. The van der Waals surface area contributed by atoms with Crippen molar-refractivity contribution in [3.05, 3.63) is 11.1 Å². The van der Waals surface area contributed by atoms with E-state index in [-0.39, 0.29) is 30.2 Å². The van der Waals surface area contributed by atoms with E-state index in [0.717, 1.165) is 11.3 Å². The van der Waals surface area contributed by atoms with Crippen molar-refractivity contribution in [2.24, 2.45) is 5.92 Å². The second-order valence-corrected chi connectivity index (χ2v) is 5.67. The minimum Gasteiger partial charge on any atom is -0.463 e. The number of nitrogens with one attached hydrogen (secondary N) is 2. The van der Waals surface area contributed by atoms with Gasteiger partial charge in [-0.05, 0) is 13.8 Å². The van der Waals surface area contributed by atoms with Crippen LogP contribution in [-0.4, -0.2) is 35.4 Å². The molecule has 2 N–H and O–H groups in total. The molecule has 1 atom stereocenters. The Morgan fingerprint density at radius 2 is 2.00 bits per heavy atom. The van der Waals surface area contributed by atoms with Crippen molar-refractivity contribution in [2.45, 2.75) is 33.8 Å². The van der Waals surface area contributed by atoms with E-state index in [1.54, 1.807) is 20.8 Å². The van der Waals surface area contributed by atoms with Crippen LogP contribution in [0.15, 0.2) is 5.38 Å². The van der Waals surface area contributed by atoms with E-state index in [0.29, 0.717) is 5.13 Å². The molecule has 21 heavy (non-hydrogen) atoms. The molecule has 1 aromatic heterocycles. The first kappa shape index (κ1) is 17.1. The molecule has 7 nitrogen and oxygen atoms in total. The quantitative estimate of drug-likeness (QED) is 0.774. The molecule has 0 fully saturated rings. The van der Waals surface area contributed by atoms with Crippen molar-refractivity contribution in [2.75, 3.05) is 11.9 Å². The second-order valence-electron chi connectivity index (χ2n) is 4.82. The fourth-order valence-corrected chi connectivity index (χ4v) is 2.09. The number of aromatic nitrogens is 1. The average molecular weight is 313 g/mol. The normalized spacial score (nSPS) is 11.9. The van der Waals surface area contributed by atoms with Gasteiger partial charge in [-0.3, -0.25) is 14.4 Å². The highest BCUT2D eigenvalue weighted by Crippen LogP contribution is 2.15. The highest BCUT2D eigenvalue weighted by Gasteiger charge is 2.18. The lowest BCUT2D eigenvalue weighted by molar-refractivity contribution is -0.151. The van der Waals surface area contributed by atoms with Crippen molar-refractivity contribution in [1.29, 1.82) is 0 Å². The van der Waals surface area contributed by atoms with E-state index in [9.17, 15) is 14.4 Å². The monoisotopic (exact) mass is 313 g/mol. The Morgan fingerprint density at radius 1 is 1.33 bits per heavy atom. The number of hydrogen-bond donors (Lipinski definition) is 2. The Bertz CT molecular complexity index is 527. The third-order valence-electron chi connectivity index (χ3n) is 2.34. The van der Waals surface area contributed by atoms with Crippen LogP contribution in [0.25, 0.3) is 0 Å². The Morgan fingerprint density at radius 3 is 2.57 bits per heavy atom. The van der Waals surface area contributed by atoms with Crippen LogP contribution in [0.5, 0.6) is 0 Å². The summed E-state index contributed by atoms with van der Waals surface area (Å²) in [6.07, 6.45) is -0.186. The van der Waals surface area contributed by atoms with Crippen molar-refractivity contribution in [3.8, 4) is 0 Å². The number of carbonyl (C=O) groups excluding carboxylic acids is 3. The van der Waals surface area contributed by atoms with Crippen molar-refractivity contribution in [1.82, 2.24) is 10.3 Å². The van der Waals surface area contributed by atoms with Crippen molar-refractivity contribution < 1.29 is 19.1 Å². The van der Waals surface area contributed by atoms with Crippen LogP contribution < -0.4 is 10.6 Å². The first-order valence-corrected chi connectivity index (χ1v) is 7.39. The van der Waals surface area contributed by atoms with E-state index in [1.165, 1.54) is 12.3 Å². The summed E-state index contributed by atoms with van der Waals surface area (Å²) >= 11 is 1.16. The van der Waals surface area contributed by atoms with E-state index < -0.39 is 11.8 Å². The number of anilines is 1. The molecule has 0 saturated heterocycles. The van der Waals surface area contributed by atoms with Gasteiger partial charge in [-0.15, -0.1) is 11.3 Å². The topological polar surface area (TPSA) is 97.4 Å². The Labute approximate surface area is 127 Å². The number of thiazole rings is 1. The molecule has 116 valence electrons. The Kier molecular flexibility index (Phi) is 6.29. The van der Waals surface area contributed by atoms with Crippen molar-refractivity contribution >= 4 is 34.3 Å². The molecule has 2 amide bonds. The third-order valence-corrected chi connectivity index (χ3v) is 3.10. The summed E-state index contributed by atoms with van der Waals surface area (Å²) in [5, 5.41) is 7.01. The summed E-state index contributed by atoms with van der Waals surface area (Å²) in [6, 6.07) is 0. The summed E-state index contributed by atoms with van der Waals surface area (Å²) in [5.74, 6) is -1.44. The number of hydrogen-bond acceptors (Lipinski definition) is 6. The number of ether oxygens (including phenoxy) is 1. The molecule has 8 heteroatoms. The predicted molar refractivity (Wildman–Crippen MR) is 79.1 cm³/mol. The Hall–Kier alpha value is -1.96. The van der Waals surface area contributed by atoms with Crippen LogP contribution in [-0.2, 0) is 14.3 Å². The molecule has 0 aliphatic heterocycles. The molecule has 0 radical (unpaired) electrons. The van der Waals surface area contributed by atoms with Gasteiger partial charge in [0, 0.05) is 18.8 Å². The summed E-state index contributed by atoms with van der Waals surface area (Å²) < 4.78 is 5.05. The molecule has 0 saturated carbocycles. The number of rotatable bonds is 6. The first-order chi connectivity index (χ1) is 9.79.